The van der Waals surface area contributed by atoms with Crippen LogP contribution in [0.4, 0.5) is 17.6 Å². The first-order valence-electron chi connectivity index (χ1n) is 10.8. The third kappa shape index (κ3) is 3.49. The molecule has 0 radical (unpaired) electrons. The van der Waals surface area contributed by atoms with E-state index in [0.29, 0.717) is 76.3 Å². The molecule has 4 saturated heterocycles. The van der Waals surface area contributed by atoms with Crippen LogP contribution in [0.3, 0.4) is 0 Å². The zero-order valence-electron chi connectivity index (χ0n) is 17.2. The van der Waals surface area contributed by atoms with Crippen molar-refractivity contribution < 1.29 is 18.9 Å². The van der Waals surface area contributed by atoms with E-state index >= 15 is 0 Å². The van der Waals surface area contributed by atoms with Gasteiger partial charge in [-0.3, -0.25) is 0 Å². The maximum Gasteiger partial charge on any atom is 0.231 e. The average molecular weight is 426 g/mol. The molecule has 164 valence electrons. The smallest absolute Gasteiger partial charge is 0.231 e. The van der Waals surface area contributed by atoms with Gasteiger partial charge in [-0.1, -0.05) is 0 Å². The highest BCUT2D eigenvalue weighted by molar-refractivity contribution is 5.62. The Labute approximate surface area is 180 Å². The first-order valence-corrected chi connectivity index (χ1v) is 10.8. The van der Waals surface area contributed by atoms with Crippen molar-refractivity contribution in [2.24, 2.45) is 0 Å². The molecule has 0 amide bonds. The van der Waals surface area contributed by atoms with Crippen molar-refractivity contribution in [3.8, 4) is 11.4 Å². The number of nitrogens with zero attached hydrogens (tertiary/aromatic N) is 5. The van der Waals surface area contributed by atoms with Gasteiger partial charge >= 0.3 is 0 Å². The van der Waals surface area contributed by atoms with Gasteiger partial charge in [-0.25, -0.2) is 0 Å². The molecule has 2 aromatic rings. The predicted molar refractivity (Wildman–Crippen MR) is 113 cm³/mol. The number of aromatic nitrogens is 3. The summed E-state index contributed by atoms with van der Waals surface area (Å²) in [5.41, 5.74) is 7.51. The molecule has 4 aliphatic rings. The minimum absolute atomic E-state index is 0.0922. The fraction of sp³-hybridized carbons (Fsp3) is 0.571. The SMILES string of the molecule is Nc1ccc(-c2nc(N3C4COCC3COC4)nc(N3C4COCC3COC4)n2)cc1. The summed E-state index contributed by atoms with van der Waals surface area (Å²) in [6.07, 6.45) is 0. The summed E-state index contributed by atoms with van der Waals surface area (Å²) in [6, 6.07) is 8.00. The van der Waals surface area contributed by atoms with Gasteiger partial charge < -0.3 is 34.5 Å². The van der Waals surface area contributed by atoms with Crippen LogP contribution in [0.15, 0.2) is 24.3 Å². The zero-order chi connectivity index (χ0) is 20.8. The molecule has 2 N–H and O–H groups in total. The average Bonchev–Trinajstić information content (AvgIpc) is 2.78. The van der Waals surface area contributed by atoms with Crippen molar-refractivity contribution in [1.82, 2.24) is 15.0 Å². The molecule has 4 bridgehead atoms. The molecular weight excluding hydrogens is 400 g/mol. The minimum Gasteiger partial charge on any atom is -0.399 e. The summed E-state index contributed by atoms with van der Waals surface area (Å²) < 4.78 is 23.1. The fourth-order valence-electron chi connectivity index (χ4n) is 4.79. The second kappa shape index (κ2) is 7.86. The van der Waals surface area contributed by atoms with Crippen molar-refractivity contribution in [2.45, 2.75) is 24.2 Å². The van der Waals surface area contributed by atoms with Crippen LogP contribution in [0, 0.1) is 0 Å². The molecule has 0 atom stereocenters. The van der Waals surface area contributed by atoms with Crippen LogP contribution in [-0.4, -0.2) is 92.0 Å². The van der Waals surface area contributed by atoms with E-state index in [2.05, 4.69) is 9.80 Å². The lowest BCUT2D eigenvalue weighted by Gasteiger charge is -2.47. The van der Waals surface area contributed by atoms with Gasteiger partial charge in [0.2, 0.25) is 11.9 Å². The second-order valence-corrected chi connectivity index (χ2v) is 8.46. The van der Waals surface area contributed by atoms with Gasteiger partial charge in [-0.2, -0.15) is 15.0 Å². The Kier molecular flexibility index (Phi) is 4.87. The summed E-state index contributed by atoms with van der Waals surface area (Å²) >= 11 is 0. The van der Waals surface area contributed by atoms with Crippen molar-refractivity contribution >= 4 is 17.6 Å². The first kappa shape index (κ1) is 19.2. The lowest BCUT2D eigenvalue weighted by Crippen LogP contribution is -2.61. The molecule has 4 aliphatic heterocycles. The van der Waals surface area contributed by atoms with Gasteiger partial charge in [0.25, 0.3) is 0 Å². The number of nitrogens with two attached hydrogens (primary N) is 1. The van der Waals surface area contributed by atoms with E-state index in [1.54, 1.807) is 0 Å². The summed E-state index contributed by atoms with van der Waals surface area (Å²) in [7, 11) is 0. The minimum atomic E-state index is 0.0922. The number of benzene rings is 1. The van der Waals surface area contributed by atoms with E-state index in [-0.39, 0.29) is 24.2 Å². The Balaban J connectivity index is 1.45. The van der Waals surface area contributed by atoms with Gasteiger partial charge in [-0.15, -0.1) is 0 Å². The molecule has 4 fully saturated rings. The van der Waals surface area contributed by atoms with Crippen LogP contribution in [0.2, 0.25) is 0 Å². The fourth-order valence-corrected chi connectivity index (χ4v) is 4.79. The number of morpholine rings is 4. The Morgan fingerprint density at radius 1 is 0.613 bits per heavy atom. The van der Waals surface area contributed by atoms with E-state index in [4.69, 9.17) is 39.6 Å². The molecule has 31 heavy (non-hydrogen) atoms. The number of ether oxygens (including phenoxy) is 4. The molecule has 0 spiro atoms. The normalized spacial score (nSPS) is 30.3. The van der Waals surface area contributed by atoms with E-state index in [1.165, 1.54) is 0 Å². The molecule has 0 saturated carbocycles. The lowest BCUT2D eigenvalue weighted by atomic mass is 10.1. The summed E-state index contributed by atoms with van der Waals surface area (Å²) in [5, 5.41) is 0. The van der Waals surface area contributed by atoms with Gasteiger partial charge in [0.1, 0.15) is 0 Å². The van der Waals surface area contributed by atoms with Crippen LogP contribution >= 0.6 is 0 Å². The Bertz CT molecular complexity index is 850. The van der Waals surface area contributed by atoms with Crippen molar-refractivity contribution in [3.63, 3.8) is 0 Å². The maximum absolute atomic E-state index is 5.90. The summed E-state index contributed by atoms with van der Waals surface area (Å²) in [5.74, 6) is 1.98. The Hall–Kier alpha value is -2.53. The molecule has 6 rings (SSSR count). The first-order chi connectivity index (χ1) is 15.3. The van der Waals surface area contributed by atoms with Crippen LogP contribution in [0.25, 0.3) is 11.4 Å². The molecular formula is C21H26N6O4. The van der Waals surface area contributed by atoms with Gasteiger partial charge in [-0.05, 0) is 24.3 Å². The topological polar surface area (TPSA) is 108 Å². The summed E-state index contributed by atoms with van der Waals surface area (Å²) in [6.45, 7) is 4.82. The lowest BCUT2D eigenvalue weighted by molar-refractivity contribution is -0.0367. The third-order valence-corrected chi connectivity index (χ3v) is 6.30. The van der Waals surface area contributed by atoms with E-state index in [1.807, 2.05) is 24.3 Å². The number of fused-ring (bicyclic) bond motifs is 4. The van der Waals surface area contributed by atoms with Crippen LogP contribution in [0.5, 0.6) is 0 Å². The number of rotatable bonds is 3. The molecule has 0 aliphatic carbocycles. The third-order valence-electron chi connectivity index (χ3n) is 6.30. The number of anilines is 3. The largest absolute Gasteiger partial charge is 0.399 e. The van der Waals surface area contributed by atoms with E-state index in [9.17, 15) is 0 Å². The molecule has 5 heterocycles. The van der Waals surface area contributed by atoms with Crippen LogP contribution < -0.4 is 15.5 Å². The zero-order valence-corrected chi connectivity index (χ0v) is 17.2. The number of hydrogen-bond acceptors (Lipinski definition) is 10. The second-order valence-electron chi connectivity index (χ2n) is 8.46. The monoisotopic (exact) mass is 426 g/mol. The Morgan fingerprint density at radius 3 is 1.39 bits per heavy atom. The number of nitrogen functional groups attached to an aromatic ring is 1. The number of hydrogen-bond donors (Lipinski definition) is 1. The highest BCUT2D eigenvalue weighted by Crippen LogP contribution is 2.31. The standard InChI is InChI=1S/C21H26N6O4/c22-14-3-1-13(2-4-14)19-23-20(26-15-5-28-7-16(26)8-29-6-15)25-21(24-19)27-17-9-30-11-18(27)12-31-10-17/h1-4,15-18H,5-12,22H2. The quantitative estimate of drug-likeness (QED) is 0.690. The van der Waals surface area contributed by atoms with Gasteiger partial charge in [0.05, 0.1) is 77.0 Å². The highest BCUT2D eigenvalue weighted by Gasteiger charge is 2.40. The molecule has 0 unspecified atom stereocenters. The van der Waals surface area contributed by atoms with Crippen LogP contribution in [-0.2, 0) is 18.9 Å². The highest BCUT2D eigenvalue weighted by atomic mass is 16.5. The maximum atomic E-state index is 5.90. The van der Waals surface area contributed by atoms with Crippen molar-refractivity contribution in [3.05, 3.63) is 24.3 Å². The van der Waals surface area contributed by atoms with Crippen molar-refractivity contribution in [1.29, 1.82) is 0 Å². The molecule has 10 nitrogen and oxygen atoms in total. The van der Waals surface area contributed by atoms with E-state index in [0.717, 1.165) is 5.56 Å². The van der Waals surface area contributed by atoms with Crippen LogP contribution in [0.1, 0.15) is 0 Å². The predicted octanol–water partition coefficient (Wildman–Crippen LogP) is 0.329. The molecule has 1 aromatic carbocycles. The van der Waals surface area contributed by atoms with Gasteiger partial charge in [0, 0.05) is 11.3 Å². The molecule has 1 aromatic heterocycles. The van der Waals surface area contributed by atoms with E-state index < -0.39 is 0 Å². The summed E-state index contributed by atoms with van der Waals surface area (Å²) in [4.78, 5) is 19.3. The van der Waals surface area contributed by atoms with Crippen molar-refractivity contribution in [2.75, 3.05) is 68.4 Å². The van der Waals surface area contributed by atoms with Gasteiger partial charge in [0.15, 0.2) is 5.82 Å². The Morgan fingerprint density at radius 2 is 1.00 bits per heavy atom. The molecule has 10 heteroatoms.